The summed E-state index contributed by atoms with van der Waals surface area (Å²) in [6.07, 6.45) is 5.68. The number of carbonyl (C=O) groups is 1. The lowest BCUT2D eigenvalue weighted by Gasteiger charge is -2.23. The zero-order chi connectivity index (χ0) is 14.9. The quantitative estimate of drug-likeness (QED) is 0.861. The van der Waals surface area contributed by atoms with Crippen molar-refractivity contribution in [1.29, 1.82) is 0 Å². The van der Waals surface area contributed by atoms with Gasteiger partial charge in [-0.15, -0.1) is 5.10 Å². The normalized spacial score (nSPS) is 21.2. The summed E-state index contributed by atoms with van der Waals surface area (Å²) in [5.74, 6) is -0.0765. The summed E-state index contributed by atoms with van der Waals surface area (Å²) in [5, 5.41) is 14.7. The molecule has 116 valence electrons. The molecule has 3 rings (SSSR count). The minimum atomic E-state index is -0.0765. The number of hydrogen-bond acceptors (Lipinski definition) is 4. The van der Waals surface area contributed by atoms with Gasteiger partial charge in [-0.3, -0.25) is 4.79 Å². The Morgan fingerprint density at radius 2 is 2.14 bits per heavy atom. The molecule has 6 nitrogen and oxygen atoms in total. The molecule has 1 aliphatic carbocycles. The highest BCUT2D eigenvalue weighted by Gasteiger charge is 2.40. The van der Waals surface area contributed by atoms with Crippen LogP contribution < -0.4 is 10.6 Å². The van der Waals surface area contributed by atoms with Gasteiger partial charge in [0.1, 0.15) is 0 Å². The number of amides is 1. The van der Waals surface area contributed by atoms with Crippen LogP contribution in [-0.2, 0) is 0 Å². The molecule has 6 heteroatoms. The van der Waals surface area contributed by atoms with Gasteiger partial charge in [-0.1, -0.05) is 12.1 Å². The molecule has 21 heavy (non-hydrogen) atoms. The average Bonchev–Trinajstić information content (AvgIpc) is 3.21. The van der Waals surface area contributed by atoms with Crippen molar-refractivity contribution in [1.82, 2.24) is 25.6 Å². The molecule has 1 aliphatic heterocycles. The minimum absolute atomic E-state index is 0.0765. The molecular formula is C15H25N5O. The molecule has 1 aromatic heterocycles. The maximum absolute atomic E-state index is 12.3. The zero-order valence-electron chi connectivity index (χ0n) is 13.0. The van der Waals surface area contributed by atoms with E-state index in [0.717, 1.165) is 44.6 Å². The first kappa shape index (κ1) is 14.5. The predicted molar refractivity (Wildman–Crippen MR) is 80.2 cm³/mol. The van der Waals surface area contributed by atoms with Gasteiger partial charge in [-0.25, -0.2) is 4.68 Å². The van der Waals surface area contributed by atoms with E-state index in [9.17, 15) is 4.79 Å². The first-order valence-corrected chi connectivity index (χ1v) is 8.06. The SMILES string of the molecule is CCC1(CNC(=O)c2nnn(C3CCNCC3)c2C)CC1. The van der Waals surface area contributed by atoms with Crippen LogP contribution in [0.25, 0.3) is 0 Å². The molecule has 1 aromatic rings. The second-order valence-corrected chi connectivity index (χ2v) is 6.49. The second kappa shape index (κ2) is 5.75. The maximum atomic E-state index is 12.3. The molecule has 2 fully saturated rings. The largest absolute Gasteiger partial charge is 0.350 e. The summed E-state index contributed by atoms with van der Waals surface area (Å²) < 4.78 is 1.93. The average molecular weight is 291 g/mol. The maximum Gasteiger partial charge on any atom is 0.273 e. The summed E-state index contributed by atoms with van der Waals surface area (Å²) in [4.78, 5) is 12.3. The number of piperidine rings is 1. The number of rotatable bonds is 5. The van der Waals surface area contributed by atoms with Crippen LogP contribution in [0.5, 0.6) is 0 Å². The third-order valence-corrected chi connectivity index (χ3v) is 5.13. The molecule has 1 saturated heterocycles. The predicted octanol–water partition coefficient (Wildman–Crippen LogP) is 1.43. The topological polar surface area (TPSA) is 71.8 Å². The summed E-state index contributed by atoms with van der Waals surface area (Å²) in [7, 11) is 0. The van der Waals surface area contributed by atoms with Crippen molar-refractivity contribution in [3.63, 3.8) is 0 Å². The number of nitrogens with one attached hydrogen (secondary N) is 2. The van der Waals surface area contributed by atoms with Crippen LogP contribution in [0.15, 0.2) is 0 Å². The van der Waals surface area contributed by atoms with Crippen molar-refractivity contribution < 1.29 is 4.79 Å². The van der Waals surface area contributed by atoms with Crippen molar-refractivity contribution >= 4 is 5.91 Å². The van der Waals surface area contributed by atoms with Crippen LogP contribution in [0, 0.1) is 12.3 Å². The van der Waals surface area contributed by atoms with E-state index < -0.39 is 0 Å². The monoisotopic (exact) mass is 291 g/mol. The van der Waals surface area contributed by atoms with Crippen molar-refractivity contribution in [2.24, 2.45) is 5.41 Å². The summed E-state index contributed by atoms with van der Waals surface area (Å²) >= 11 is 0. The number of hydrogen-bond donors (Lipinski definition) is 2. The Bertz CT molecular complexity index is 514. The van der Waals surface area contributed by atoms with Gasteiger partial charge >= 0.3 is 0 Å². The number of nitrogens with zero attached hydrogens (tertiary/aromatic N) is 3. The third kappa shape index (κ3) is 2.95. The van der Waals surface area contributed by atoms with E-state index in [1.165, 1.54) is 12.8 Å². The molecule has 0 radical (unpaired) electrons. The van der Waals surface area contributed by atoms with E-state index in [0.29, 0.717) is 17.2 Å². The molecule has 0 spiro atoms. The Morgan fingerprint density at radius 3 is 2.76 bits per heavy atom. The molecule has 0 aromatic carbocycles. The lowest BCUT2D eigenvalue weighted by Crippen LogP contribution is -2.31. The van der Waals surface area contributed by atoms with E-state index in [-0.39, 0.29) is 5.91 Å². The van der Waals surface area contributed by atoms with Gasteiger partial charge in [0.2, 0.25) is 0 Å². The molecule has 0 bridgehead atoms. The fourth-order valence-corrected chi connectivity index (χ4v) is 3.13. The lowest BCUT2D eigenvalue weighted by atomic mass is 10.0. The van der Waals surface area contributed by atoms with Gasteiger partial charge in [0, 0.05) is 6.54 Å². The first-order chi connectivity index (χ1) is 10.2. The van der Waals surface area contributed by atoms with E-state index in [2.05, 4.69) is 27.9 Å². The highest BCUT2D eigenvalue weighted by molar-refractivity contribution is 5.93. The van der Waals surface area contributed by atoms with Crippen LogP contribution in [0.4, 0.5) is 0 Å². The minimum Gasteiger partial charge on any atom is -0.350 e. The third-order valence-electron chi connectivity index (χ3n) is 5.13. The van der Waals surface area contributed by atoms with Crippen LogP contribution in [-0.4, -0.2) is 40.5 Å². The Kier molecular flexibility index (Phi) is 3.97. The summed E-state index contributed by atoms with van der Waals surface area (Å²) in [5.41, 5.74) is 1.73. The van der Waals surface area contributed by atoms with E-state index in [1.54, 1.807) is 0 Å². The standard InChI is InChI=1S/C15H25N5O/c1-3-15(6-7-15)10-17-14(21)13-11(2)20(19-18-13)12-4-8-16-9-5-12/h12,16H,3-10H2,1-2H3,(H,17,21). The van der Waals surface area contributed by atoms with Crippen LogP contribution in [0.3, 0.4) is 0 Å². The molecular weight excluding hydrogens is 266 g/mol. The van der Waals surface area contributed by atoms with Crippen molar-refractivity contribution in [3.8, 4) is 0 Å². The molecule has 1 saturated carbocycles. The molecule has 2 heterocycles. The molecule has 0 atom stereocenters. The Labute approximate surface area is 125 Å². The summed E-state index contributed by atoms with van der Waals surface area (Å²) in [6, 6.07) is 0.366. The Morgan fingerprint density at radius 1 is 1.43 bits per heavy atom. The molecule has 2 N–H and O–H groups in total. The fraction of sp³-hybridized carbons (Fsp3) is 0.800. The van der Waals surface area contributed by atoms with Crippen molar-refractivity contribution in [2.45, 2.75) is 52.0 Å². The van der Waals surface area contributed by atoms with E-state index >= 15 is 0 Å². The smallest absolute Gasteiger partial charge is 0.273 e. The van der Waals surface area contributed by atoms with Gasteiger partial charge in [0.25, 0.3) is 5.91 Å². The van der Waals surface area contributed by atoms with E-state index in [1.807, 2.05) is 11.6 Å². The highest BCUT2D eigenvalue weighted by atomic mass is 16.2. The fourth-order valence-electron chi connectivity index (χ4n) is 3.13. The van der Waals surface area contributed by atoms with Crippen molar-refractivity contribution in [2.75, 3.05) is 19.6 Å². The van der Waals surface area contributed by atoms with Gasteiger partial charge in [0.15, 0.2) is 5.69 Å². The van der Waals surface area contributed by atoms with Crippen LogP contribution >= 0.6 is 0 Å². The first-order valence-electron chi connectivity index (χ1n) is 8.06. The zero-order valence-corrected chi connectivity index (χ0v) is 13.0. The number of carbonyl (C=O) groups excluding carboxylic acids is 1. The highest BCUT2D eigenvalue weighted by Crippen LogP contribution is 2.47. The second-order valence-electron chi connectivity index (χ2n) is 6.49. The van der Waals surface area contributed by atoms with Gasteiger partial charge in [0.05, 0.1) is 11.7 Å². The van der Waals surface area contributed by atoms with Crippen molar-refractivity contribution in [3.05, 3.63) is 11.4 Å². The molecule has 0 unspecified atom stereocenters. The Hall–Kier alpha value is -1.43. The lowest BCUT2D eigenvalue weighted by molar-refractivity contribution is 0.0938. The molecule has 1 amide bonds. The van der Waals surface area contributed by atoms with Crippen LogP contribution in [0.1, 0.15) is 61.3 Å². The number of aromatic nitrogens is 3. The van der Waals surface area contributed by atoms with E-state index in [4.69, 9.17) is 0 Å². The summed E-state index contributed by atoms with van der Waals surface area (Å²) in [6.45, 7) is 6.92. The van der Waals surface area contributed by atoms with Crippen LogP contribution in [0.2, 0.25) is 0 Å². The van der Waals surface area contributed by atoms with Gasteiger partial charge in [-0.05, 0) is 57.5 Å². The Balaban J connectivity index is 1.65. The van der Waals surface area contributed by atoms with Gasteiger partial charge < -0.3 is 10.6 Å². The van der Waals surface area contributed by atoms with Gasteiger partial charge in [-0.2, -0.15) is 0 Å². The molecule has 2 aliphatic rings.